The number of ether oxygens (including phenoxy) is 1. The first-order valence-electron chi connectivity index (χ1n) is 12.8. The lowest BCUT2D eigenvalue weighted by molar-refractivity contribution is 0.299. The molecule has 2 aromatic heterocycles. The molecule has 0 saturated heterocycles. The third-order valence-corrected chi connectivity index (χ3v) is 8.24. The average molecular weight is 538 g/mol. The van der Waals surface area contributed by atoms with Gasteiger partial charge in [0.05, 0.1) is 22.8 Å². The Morgan fingerprint density at radius 3 is 2.55 bits per heavy atom. The van der Waals surface area contributed by atoms with Gasteiger partial charge >= 0.3 is 5.69 Å². The van der Waals surface area contributed by atoms with Crippen LogP contribution in [0.5, 0.6) is 5.75 Å². The molecule has 10 nitrogen and oxygen atoms in total. The van der Waals surface area contributed by atoms with Crippen LogP contribution in [0.2, 0.25) is 0 Å². The lowest BCUT2D eigenvalue weighted by Gasteiger charge is -2.14. The number of nitrogens with zero attached hydrogens (tertiary/aromatic N) is 3. The number of imidazole rings is 1. The van der Waals surface area contributed by atoms with Crippen molar-refractivity contribution in [2.24, 2.45) is 0 Å². The van der Waals surface area contributed by atoms with Crippen molar-refractivity contribution in [2.45, 2.75) is 56.8 Å². The van der Waals surface area contributed by atoms with E-state index in [1.54, 1.807) is 37.3 Å². The maximum absolute atomic E-state index is 13.3. The van der Waals surface area contributed by atoms with Gasteiger partial charge in [0, 0.05) is 18.2 Å². The number of H-pyrrole nitrogens is 1. The molecule has 0 radical (unpaired) electrons. The van der Waals surface area contributed by atoms with Crippen LogP contribution in [0, 0.1) is 6.92 Å². The molecule has 0 atom stereocenters. The molecule has 200 valence electrons. The zero-order valence-corrected chi connectivity index (χ0v) is 22.2. The molecular formula is C27H31N5O5S. The molecular weight excluding hydrogens is 506 g/mol. The van der Waals surface area contributed by atoms with E-state index >= 15 is 0 Å². The van der Waals surface area contributed by atoms with Crippen LogP contribution in [0.1, 0.15) is 55.6 Å². The number of aromatic amines is 1. The molecule has 0 aliphatic heterocycles. The summed E-state index contributed by atoms with van der Waals surface area (Å²) in [6.45, 7) is 3.98. The van der Waals surface area contributed by atoms with Crippen molar-refractivity contribution < 1.29 is 18.3 Å². The highest BCUT2D eigenvalue weighted by molar-refractivity contribution is 7.92. The summed E-state index contributed by atoms with van der Waals surface area (Å²) in [6.07, 6.45) is 4.72. The summed E-state index contributed by atoms with van der Waals surface area (Å²) < 4.78 is 36.4. The van der Waals surface area contributed by atoms with E-state index in [0.717, 1.165) is 36.9 Å². The lowest BCUT2D eigenvalue weighted by Crippen LogP contribution is -2.20. The first kappa shape index (κ1) is 25.9. The minimum atomic E-state index is -3.96. The summed E-state index contributed by atoms with van der Waals surface area (Å²) in [5, 5.41) is 9.10. The number of aryl methyl sites for hydroxylation is 1. The molecule has 0 spiro atoms. The van der Waals surface area contributed by atoms with E-state index in [4.69, 9.17) is 14.8 Å². The molecule has 2 heterocycles. The number of sulfonamides is 1. The molecule has 1 saturated carbocycles. The van der Waals surface area contributed by atoms with Gasteiger partial charge in [-0.25, -0.2) is 27.6 Å². The molecule has 38 heavy (non-hydrogen) atoms. The number of aliphatic hydroxyl groups excluding tert-OH is 1. The Hall–Kier alpha value is -3.70. The van der Waals surface area contributed by atoms with Crippen molar-refractivity contribution in [3.8, 4) is 17.1 Å². The molecule has 4 aromatic rings. The third-order valence-electron chi connectivity index (χ3n) is 6.86. The van der Waals surface area contributed by atoms with Gasteiger partial charge < -0.3 is 9.84 Å². The normalized spacial score (nSPS) is 14.3. The number of aromatic nitrogens is 4. The largest absolute Gasteiger partial charge is 0.493 e. The molecule has 1 aliphatic carbocycles. The van der Waals surface area contributed by atoms with Crippen LogP contribution in [0.15, 0.2) is 52.2 Å². The van der Waals surface area contributed by atoms with E-state index in [1.807, 2.05) is 6.92 Å². The second-order valence-electron chi connectivity index (χ2n) is 9.44. The molecule has 0 amide bonds. The van der Waals surface area contributed by atoms with Crippen molar-refractivity contribution in [3.05, 3.63) is 70.0 Å². The minimum Gasteiger partial charge on any atom is -0.493 e. The number of nitrogens with one attached hydrogen (secondary N) is 2. The van der Waals surface area contributed by atoms with Crippen molar-refractivity contribution in [1.82, 2.24) is 19.4 Å². The fourth-order valence-corrected chi connectivity index (χ4v) is 6.09. The zero-order valence-electron chi connectivity index (χ0n) is 21.4. The minimum absolute atomic E-state index is 0.00128. The smallest absolute Gasteiger partial charge is 0.334 e. The summed E-state index contributed by atoms with van der Waals surface area (Å²) in [5.41, 5.74) is 2.56. The lowest BCUT2D eigenvalue weighted by atomic mass is 10.0. The van der Waals surface area contributed by atoms with E-state index in [9.17, 15) is 13.2 Å². The molecule has 3 N–H and O–H groups in total. The fraction of sp³-hybridized carbons (Fsp3) is 0.370. The number of rotatable bonds is 9. The highest BCUT2D eigenvalue weighted by atomic mass is 32.2. The summed E-state index contributed by atoms with van der Waals surface area (Å²) in [4.78, 5) is 25.4. The Kier molecular flexibility index (Phi) is 7.22. The van der Waals surface area contributed by atoms with E-state index in [-0.39, 0.29) is 23.2 Å². The first-order valence-corrected chi connectivity index (χ1v) is 14.3. The maximum atomic E-state index is 13.3. The number of hydrogen-bond acceptors (Lipinski definition) is 7. The topological polar surface area (TPSA) is 139 Å². The maximum Gasteiger partial charge on any atom is 0.334 e. The molecule has 0 unspecified atom stereocenters. The van der Waals surface area contributed by atoms with E-state index in [2.05, 4.69) is 14.7 Å². The van der Waals surface area contributed by atoms with Gasteiger partial charge in [0.1, 0.15) is 17.4 Å². The number of benzene rings is 2. The van der Waals surface area contributed by atoms with Crippen LogP contribution in [-0.2, 0) is 16.4 Å². The summed E-state index contributed by atoms with van der Waals surface area (Å²) in [7, 11) is -3.96. The predicted octanol–water partition coefficient (Wildman–Crippen LogP) is 3.78. The number of fused-ring (bicyclic) bond motifs is 1. The van der Waals surface area contributed by atoms with Gasteiger partial charge in [-0.2, -0.15) is 0 Å². The van der Waals surface area contributed by atoms with Crippen LogP contribution in [0.25, 0.3) is 17.0 Å². The van der Waals surface area contributed by atoms with Crippen LogP contribution >= 0.6 is 0 Å². The summed E-state index contributed by atoms with van der Waals surface area (Å²) >= 11 is 0. The number of aliphatic hydroxyl groups is 1. The second kappa shape index (κ2) is 10.6. The Labute approximate surface area is 220 Å². The standard InChI is InChI=1S/C27H31N5O5S/c1-3-37-23-13-12-21(38(35,36)31-20-10-8-18(9-11-20)14-15-33)16-22(23)25-29-26-24(19-6-4-5-7-19)28-17(2)32(26)27(34)30-25/h8-13,16,19,31,33H,3-7,14-15H2,1-2H3,(H,29,30,34). The molecule has 11 heteroatoms. The zero-order chi connectivity index (χ0) is 26.9. The SMILES string of the molecule is CCOc1ccc(S(=O)(=O)Nc2ccc(CCO)cc2)cc1-c1nc2c(C3CCCC3)nc(C)n2c(=O)[nH]1. The Balaban J connectivity index is 1.57. The Bertz CT molecular complexity index is 1620. The Morgan fingerprint density at radius 1 is 1.13 bits per heavy atom. The van der Waals surface area contributed by atoms with Gasteiger partial charge in [0.25, 0.3) is 10.0 Å². The van der Waals surface area contributed by atoms with Gasteiger partial charge in [0.15, 0.2) is 5.65 Å². The van der Waals surface area contributed by atoms with Crippen molar-refractivity contribution in [3.63, 3.8) is 0 Å². The van der Waals surface area contributed by atoms with Crippen LogP contribution in [0.4, 0.5) is 5.69 Å². The van der Waals surface area contributed by atoms with Crippen LogP contribution in [0.3, 0.4) is 0 Å². The highest BCUT2D eigenvalue weighted by Crippen LogP contribution is 2.36. The monoisotopic (exact) mass is 537 g/mol. The van der Waals surface area contributed by atoms with Crippen molar-refractivity contribution >= 4 is 21.4 Å². The highest BCUT2D eigenvalue weighted by Gasteiger charge is 2.26. The Morgan fingerprint density at radius 2 is 1.87 bits per heavy atom. The molecule has 1 fully saturated rings. The van der Waals surface area contributed by atoms with Crippen LogP contribution in [-0.4, -0.2) is 46.1 Å². The fourth-order valence-electron chi connectivity index (χ4n) is 5.01. The van der Waals surface area contributed by atoms with E-state index in [0.29, 0.717) is 41.5 Å². The van der Waals surface area contributed by atoms with E-state index in [1.165, 1.54) is 16.5 Å². The molecule has 2 aromatic carbocycles. The summed E-state index contributed by atoms with van der Waals surface area (Å²) in [6, 6.07) is 11.3. The third kappa shape index (κ3) is 5.03. The van der Waals surface area contributed by atoms with Gasteiger partial charge in [-0.15, -0.1) is 0 Å². The van der Waals surface area contributed by atoms with Gasteiger partial charge in [-0.1, -0.05) is 25.0 Å². The quantitative estimate of drug-likeness (QED) is 0.295. The average Bonchev–Trinajstić information content (AvgIpc) is 3.54. The van der Waals surface area contributed by atoms with Crippen molar-refractivity contribution in [1.29, 1.82) is 0 Å². The predicted molar refractivity (Wildman–Crippen MR) is 144 cm³/mol. The van der Waals surface area contributed by atoms with Crippen molar-refractivity contribution in [2.75, 3.05) is 17.9 Å². The second-order valence-corrected chi connectivity index (χ2v) is 11.1. The van der Waals surface area contributed by atoms with Gasteiger partial charge in [0.2, 0.25) is 0 Å². The van der Waals surface area contributed by atoms with Gasteiger partial charge in [-0.05, 0) is 69.0 Å². The molecule has 0 bridgehead atoms. The first-order chi connectivity index (χ1) is 18.3. The molecule has 1 aliphatic rings. The van der Waals surface area contributed by atoms with Gasteiger partial charge in [-0.3, -0.25) is 9.71 Å². The molecule has 5 rings (SSSR count). The van der Waals surface area contributed by atoms with E-state index < -0.39 is 15.7 Å². The van der Waals surface area contributed by atoms with Crippen LogP contribution < -0.4 is 15.1 Å². The number of anilines is 1. The summed E-state index contributed by atoms with van der Waals surface area (Å²) in [5.74, 6) is 1.44. The number of hydrogen-bond donors (Lipinski definition) is 3.